The lowest BCUT2D eigenvalue weighted by atomic mass is 10.1. The van der Waals surface area contributed by atoms with Gasteiger partial charge in [-0.1, -0.05) is 13.8 Å². The highest BCUT2D eigenvalue weighted by molar-refractivity contribution is 5.85. The van der Waals surface area contributed by atoms with E-state index in [0.717, 1.165) is 0 Å². The second-order valence-corrected chi connectivity index (χ2v) is 2.96. The average Bonchev–Trinajstić information content (AvgIpc) is 1.64. The van der Waals surface area contributed by atoms with Crippen LogP contribution in [0.2, 0.25) is 0 Å². The lowest BCUT2D eigenvalue weighted by molar-refractivity contribution is 0.134. The van der Waals surface area contributed by atoms with E-state index >= 15 is 0 Å². The van der Waals surface area contributed by atoms with Gasteiger partial charge in [-0.3, -0.25) is 0 Å². The maximum atomic E-state index is 8.83. The Labute approximate surface area is 69.6 Å². The molecule has 0 heterocycles. The van der Waals surface area contributed by atoms with Gasteiger partial charge in [0.2, 0.25) is 0 Å². The standard InChI is InChI=1S/C7H17NO.ClH/c1-6(2)7(5-9)8(3)4;/h6-7,9H,5H2,1-4H3;1H. The predicted octanol–water partition coefficient (Wildman–Crippen LogP) is 0.987. The summed E-state index contributed by atoms with van der Waals surface area (Å²) >= 11 is 0. The molecule has 0 aromatic heterocycles. The second kappa shape index (κ2) is 5.96. The Balaban J connectivity index is 0. The zero-order chi connectivity index (χ0) is 7.44. The van der Waals surface area contributed by atoms with Gasteiger partial charge in [0.05, 0.1) is 6.61 Å². The van der Waals surface area contributed by atoms with Gasteiger partial charge < -0.3 is 10.0 Å². The van der Waals surface area contributed by atoms with E-state index < -0.39 is 0 Å². The second-order valence-electron chi connectivity index (χ2n) is 2.96. The predicted molar refractivity (Wildman–Crippen MR) is 46.6 cm³/mol. The van der Waals surface area contributed by atoms with Crippen molar-refractivity contribution in [2.75, 3.05) is 20.7 Å². The molecule has 1 N–H and O–H groups in total. The van der Waals surface area contributed by atoms with Gasteiger partial charge in [-0.05, 0) is 20.0 Å². The van der Waals surface area contributed by atoms with Gasteiger partial charge in [-0.2, -0.15) is 0 Å². The van der Waals surface area contributed by atoms with Crippen molar-refractivity contribution < 1.29 is 5.11 Å². The van der Waals surface area contributed by atoms with E-state index in [9.17, 15) is 0 Å². The van der Waals surface area contributed by atoms with E-state index in [1.165, 1.54) is 0 Å². The molecule has 0 fully saturated rings. The molecule has 0 rings (SSSR count). The average molecular weight is 168 g/mol. The molecule has 64 valence electrons. The van der Waals surface area contributed by atoms with E-state index in [4.69, 9.17) is 5.11 Å². The molecular formula is C7H18ClNO. The van der Waals surface area contributed by atoms with Crippen molar-refractivity contribution in [3.63, 3.8) is 0 Å². The Bertz CT molecular complexity index is 68.0. The highest BCUT2D eigenvalue weighted by Crippen LogP contribution is 2.05. The number of aliphatic hydroxyl groups is 1. The zero-order valence-electron chi connectivity index (χ0n) is 7.16. The molecule has 10 heavy (non-hydrogen) atoms. The van der Waals surface area contributed by atoms with Gasteiger partial charge in [-0.15, -0.1) is 12.4 Å². The Morgan fingerprint density at radius 1 is 1.30 bits per heavy atom. The summed E-state index contributed by atoms with van der Waals surface area (Å²) in [7, 11) is 3.97. The molecule has 1 atom stereocenters. The first-order valence-corrected chi connectivity index (χ1v) is 3.37. The molecular weight excluding hydrogens is 150 g/mol. The van der Waals surface area contributed by atoms with Crippen molar-refractivity contribution >= 4 is 12.4 Å². The molecule has 0 amide bonds. The Kier molecular flexibility index (Phi) is 7.65. The van der Waals surface area contributed by atoms with Gasteiger partial charge in [0, 0.05) is 6.04 Å². The van der Waals surface area contributed by atoms with Crippen LogP contribution in [0.1, 0.15) is 13.8 Å². The Morgan fingerprint density at radius 2 is 1.70 bits per heavy atom. The summed E-state index contributed by atoms with van der Waals surface area (Å²) in [4.78, 5) is 2.05. The van der Waals surface area contributed by atoms with Gasteiger partial charge >= 0.3 is 0 Å². The molecule has 0 aliphatic heterocycles. The van der Waals surface area contributed by atoms with Crippen LogP contribution in [0.4, 0.5) is 0 Å². The van der Waals surface area contributed by atoms with Gasteiger partial charge in [-0.25, -0.2) is 0 Å². The fourth-order valence-corrected chi connectivity index (χ4v) is 0.970. The zero-order valence-corrected chi connectivity index (χ0v) is 7.98. The molecule has 3 heteroatoms. The number of halogens is 1. The SMILES string of the molecule is CC(C)C(CO)N(C)C.Cl. The lowest BCUT2D eigenvalue weighted by Gasteiger charge is -2.25. The molecule has 0 bridgehead atoms. The fourth-order valence-electron chi connectivity index (χ4n) is 0.970. The van der Waals surface area contributed by atoms with Crippen LogP contribution in [0.15, 0.2) is 0 Å². The monoisotopic (exact) mass is 167 g/mol. The minimum Gasteiger partial charge on any atom is -0.395 e. The molecule has 0 spiro atoms. The van der Waals surface area contributed by atoms with Crippen LogP contribution in [-0.4, -0.2) is 36.8 Å². The van der Waals surface area contributed by atoms with Crippen molar-refractivity contribution in [2.45, 2.75) is 19.9 Å². The minimum atomic E-state index is 0. The maximum absolute atomic E-state index is 8.83. The normalized spacial score (nSPS) is 13.5. The summed E-state index contributed by atoms with van der Waals surface area (Å²) in [6.07, 6.45) is 0. The van der Waals surface area contributed by atoms with Gasteiger partial charge in [0.25, 0.3) is 0 Å². The van der Waals surface area contributed by atoms with Crippen molar-refractivity contribution in [1.29, 1.82) is 0 Å². The smallest absolute Gasteiger partial charge is 0.0589 e. The van der Waals surface area contributed by atoms with E-state index in [1.807, 2.05) is 19.0 Å². The topological polar surface area (TPSA) is 23.5 Å². The fraction of sp³-hybridized carbons (Fsp3) is 1.00. The van der Waals surface area contributed by atoms with E-state index in [1.54, 1.807) is 0 Å². The number of hydrogen-bond acceptors (Lipinski definition) is 2. The van der Waals surface area contributed by atoms with Crippen LogP contribution in [0.25, 0.3) is 0 Å². The van der Waals surface area contributed by atoms with Crippen LogP contribution in [0.3, 0.4) is 0 Å². The lowest BCUT2D eigenvalue weighted by Crippen LogP contribution is -2.35. The van der Waals surface area contributed by atoms with Crippen molar-refractivity contribution in [2.24, 2.45) is 5.92 Å². The molecule has 2 nitrogen and oxygen atoms in total. The van der Waals surface area contributed by atoms with Crippen LogP contribution in [0, 0.1) is 5.92 Å². The van der Waals surface area contributed by atoms with E-state index in [-0.39, 0.29) is 19.0 Å². The molecule has 1 unspecified atom stereocenters. The van der Waals surface area contributed by atoms with E-state index in [0.29, 0.717) is 12.0 Å². The molecule has 0 saturated carbocycles. The summed E-state index contributed by atoms with van der Waals surface area (Å²) in [5, 5.41) is 8.83. The molecule has 0 aliphatic carbocycles. The first-order chi connectivity index (χ1) is 4.09. The largest absolute Gasteiger partial charge is 0.395 e. The molecule has 0 aliphatic rings. The van der Waals surface area contributed by atoms with Crippen LogP contribution in [0.5, 0.6) is 0 Å². The van der Waals surface area contributed by atoms with Crippen molar-refractivity contribution in [3.8, 4) is 0 Å². The highest BCUT2D eigenvalue weighted by Gasteiger charge is 2.12. The number of hydrogen-bond donors (Lipinski definition) is 1. The van der Waals surface area contributed by atoms with Crippen molar-refractivity contribution in [1.82, 2.24) is 4.90 Å². The summed E-state index contributed by atoms with van der Waals surface area (Å²) in [5.74, 6) is 0.532. The van der Waals surface area contributed by atoms with Crippen LogP contribution in [-0.2, 0) is 0 Å². The molecule has 0 saturated heterocycles. The number of rotatable bonds is 3. The van der Waals surface area contributed by atoms with Gasteiger partial charge in [0.15, 0.2) is 0 Å². The number of aliphatic hydroxyl groups excluding tert-OH is 1. The highest BCUT2D eigenvalue weighted by atomic mass is 35.5. The summed E-state index contributed by atoms with van der Waals surface area (Å²) in [6.45, 7) is 4.48. The van der Waals surface area contributed by atoms with Crippen LogP contribution >= 0.6 is 12.4 Å². The summed E-state index contributed by atoms with van der Waals surface area (Å²) in [6, 6.07) is 0.310. The number of nitrogens with zero attached hydrogens (tertiary/aromatic N) is 1. The molecule has 0 aromatic carbocycles. The van der Waals surface area contributed by atoms with Crippen molar-refractivity contribution in [3.05, 3.63) is 0 Å². The van der Waals surface area contributed by atoms with Crippen LogP contribution < -0.4 is 0 Å². The minimum absolute atomic E-state index is 0. The number of likely N-dealkylation sites (N-methyl/N-ethyl adjacent to an activating group) is 1. The summed E-state index contributed by atoms with van der Waals surface area (Å²) in [5.41, 5.74) is 0. The first kappa shape index (κ1) is 12.8. The third kappa shape index (κ3) is 4.09. The van der Waals surface area contributed by atoms with E-state index in [2.05, 4.69) is 13.8 Å². The maximum Gasteiger partial charge on any atom is 0.0589 e. The molecule has 0 aromatic rings. The molecule has 0 radical (unpaired) electrons. The quantitative estimate of drug-likeness (QED) is 0.678. The third-order valence-corrected chi connectivity index (χ3v) is 1.62. The Morgan fingerprint density at radius 3 is 1.70 bits per heavy atom. The van der Waals surface area contributed by atoms with Gasteiger partial charge in [0.1, 0.15) is 0 Å². The third-order valence-electron chi connectivity index (χ3n) is 1.62. The first-order valence-electron chi connectivity index (χ1n) is 3.37. The summed E-state index contributed by atoms with van der Waals surface area (Å²) < 4.78 is 0. The Hall–Kier alpha value is 0.210.